The van der Waals surface area contributed by atoms with E-state index in [4.69, 9.17) is 14.2 Å². The number of carbonyl (C=O) groups is 2. The lowest BCUT2D eigenvalue weighted by Gasteiger charge is -2.12. The molecule has 0 amide bonds. The van der Waals surface area contributed by atoms with Gasteiger partial charge in [0.25, 0.3) is 0 Å². The van der Waals surface area contributed by atoms with Gasteiger partial charge in [-0.25, -0.2) is 9.79 Å². The highest BCUT2D eigenvalue weighted by Gasteiger charge is 2.24. The first-order chi connectivity index (χ1) is 13.9. The van der Waals surface area contributed by atoms with Crippen molar-refractivity contribution in [2.24, 2.45) is 4.99 Å². The molecule has 29 heavy (non-hydrogen) atoms. The lowest BCUT2D eigenvalue weighted by molar-refractivity contribution is -0.134. The van der Waals surface area contributed by atoms with E-state index in [0.29, 0.717) is 34.4 Å². The molecule has 2 aromatic carbocycles. The summed E-state index contributed by atoms with van der Waals surface area (Å²) in [5.41, 5.74) is 1.53. The van der Waals surface area contributed by atoms with Crippen LogP contribution in [0, 0.1) is 3.57 Å². The van der Waals surface area contributed by atoms with E-state index >= 15 is 0 Å². The molecule has 1 aliphatic rings. The maximum absolute atomic E-state index is 12.2. The van der Waals surface area contributed by atoms with Gasteiger partial charge in [-0.05, 0) is 93.0 Å². The van der Waals surface area contributed by atoms with Crippen LogP contribution in [-0.4, -0.2) is 24.9 Å². The number of carbonyl (C=O) groups excluding carboxylic acids is 2. The Hall–Kier alpha value is -2.20. The van der Waals surface area contributed by atoms with E-state index < -0.39 is 5.97 Å². The van der Waals surface area contributed by atoms with Crippen LogP contribution in [0.3, 0.4) is 0 Å². The highest BCUT2D eigenvalue weighted by atomic mass is 127. The van der Waals surface area contributed by atoms with Crippen molar-refractivity contribution in [3.8, 4) is 11.5 Å². The Kier molecular flexibility index (Phi) is 7.07. The van der Waals surface area contributed by atoms with Crippen LogP contribution in [0.15, 0.2) is 51.6 Å². The molecule has 0 aromatic heterocycles. The van der Waals surface area contributed by atoms with Gasteiger partial charge in [0.05, 0.1) is 11.6 Å². The van der Waals surface area contributed by atoms with Crippen LogP contribution < -0.4 is 9.47 Å². The van der Waals surface area contributed by atoms with Crippen molar-refractivity contribution in [2.75, 3.05) is 7.11 Å². The SMILES string of the molecule is CCCC(=O)Oc1c(Br)cc(/C=C2\N=C(c3ccc(I)cc3)OC2=O)cc1OC. The minimum absolute atomic E-state index is 0.170. The quantitative estimate of drug-likeness (QED) is 0.209. The Morgan fingerprint density at radius 2 is 2.00 bits per heavy atom. The van der Waals surface area contributed by atoms with Gasteiger partial charge in [-0.3, -0.25) is 4.79 Å². The molecule has 1 aliphatic heterocycles. The molecule has 0 fully saturated rings. The summed E-state index contributed by atoms with van der Waals surface area (Å²) in [6.45, 7) is 1.90. The summed E-state index contributed by atoms with van der Waals surface area (Å²) in [5.74, 6) is 0.0404. The first kappa shape index (κ1) is 21.5. The number of aliphatic imine (C=N–C) groups is 1. The lowest BCUT2D eigenvalue weighted by Crippen LogP contribution is -2.08. The molecular formula is C21H17BrINO5. The molecule has 0 atom stereocenters. The molecule has 6 nitrogen and oxygen atoms in total. The zero-order chi connectivity index (χ0) is 21.0. The third-order valence-electron chi connectivity index (χ3n) is 3.94. The Bertz CT molecular complexity index is 1010. The molecule has 0 unspecified atom stereocenters. The smallest absolute Gasteiger partial charge is 0.363 e. The molecule has 3 rings (SSSR count). The van der Waals surface area contributed by atoms with Gasteiger partial charge in [-0.15, -0.1) is 0 Å². The number of rotatable bonds is 6. The fourth-order valence-electron chi connectivity index (χ4n) is 2.57. The van der Waals surface area contributed by atoms with Crippen molar-refractivity contribution >= 4 is 62.4 Å². The number of nitrogens with zero attached hydrogens (tertiary/aromatic N) is 1. The number of methoxy groups -OCH3 is 1. The Balaban J connectivity index is 1.91. The highest BCUT2D eigenvalue weighted by molar-refractivity contribution is 14.1. The molecule has 1 heterocycles. The number of esters is 2. The third-order valence-corrected chi connectivity index (χ3v) is 5.25. The Morgan fingerprint density at radius 3 is 2.66 bits per heavy atom. The van der Waals surface area contributed by atoms with E-state index in [1.165, 1.54) is 7.11 Å². The van der Waals surface area contributed by atoms with Crippen molar-refractivity contribution in [1.82, 2.24) is 0 Å². The molecule has 0 saturated heterocycles. The van der Waals surface area contributed by atoms with Crippen LogP contribution >= 0.6 is 38.5 Å². The van der Waals surface area contributed by atoms with E-state index in [1.807, 2.05) is 31.2 Å². The second-order valence-corrected chi connectivity index (χ2v) is 8.20. The molecule has 2 aromatic rings. The number of halogens is 2. The predicted molar refractivity (Wildman–Crippen MR) is 121 cm³/mol. The Morgan fingerprint density at radius 1 is 1.28 bits per heavy atom. The number of hydrogen-bond donors (Lipinski definition) is 0. The largest absolute Gasteiger partial charge is 0.493 e. The fourth-order valence-corrected chi connectivity index (χ4v) is 3.47. The first-order valence-corrected chi connectivity index (χ1v) is 10.6. The van der Waals surface area contributed by atoms with Crippen molar-refractivity contribution in [3.63, 3.8) is 0 Å². The van der Waals surface area contributed by atoms with Gasteiger partial charge >= 0.3 is 11.9 Å². The summed E-state index contributed by atoms with van der Waals surface area (Å²) in [6.07, 6.45) is 2.59. The van der Waals surface area contributed by atoms with Gasteiger partial charge < -0.3 is 14.2 Å². The van der Waals surface area contributed by atoms with E-state index in [1.54, 1.807) is 18.2 Å². The number of hydrogen-bond acceptors (Lipinski definition) is 6. The van der Waals surface area contributed by atoms with E-state index in [9.17, 15) is 9.59 Å². The summed E-state index contributed by atoms with van der Waals surface area (Å²) in [4.78, 5) is 28.4. The second-order valence-electron chi connectivity index (χ2n) is 6.10. The zero-order valence-electron chi connectivity index (χ0n) is 15.7. The van der Waals surface area contributed by atoms with E-state index in [-0.39, 0.29) is 17.6 Å². The number of benzene rings is 2. The highest BCUT2D eigenvalue weighted by Crippen LogP contribution is 2.38. The monoisotopic (exact) mass is 569 g/mol. The maximum atomic E-state index is 12.2. The average molecular weight is 570 g/mol. The summed E-state index contributed by atoms with van der Waals surface area (Å²) < 4.78 is 17.6. The lowest BCUT2D eigenvalue weighted by atomic mass is 10.1. The van der Waals surface area contributed by atoms with Crippen LogP contribution in [-0.2, 0) is 14.3 Å². The minimum atomic E-state index is -0.535. The van der Waals surface area contributed by atoms with Gasteiger partial charge in [0.15, 0.2) is 17.2 Å². The maximum Gasteiger partial charge on any atom is 0.363 e. The molecule has 0 bridgehead atoms. The third kappa shape index (κ3) is 5.24. The molecule has 8 heteroatoms. The van der Waals surface area contributed by atoms with Crippen LogP contribution in [0.2, 0.25) is 0 Å². The van der Waals surface area contributed by atoms with E-state index in [2.05, 4.69) is 43.5 Å². The molecule has 0 radical (unpaired) electrons. The van der Waals surface area contributed by atoms with Crippen LogP contribution in [0.4, 0.5) is 0 Å². The zero-order valence-corrected chi connectivity index (χ0v) is 19.4. The van der Waals surface area contributed by atoms with Crippen molar-refractivity contribution in [2.45, 2.75) is 19.8 Å². The van der Waals surface area contributed by atoms with Crippen molar-refractivity contribution in [3.05, 3.63) is 61.3 Å². The summed E-state index contributed by atoms with van der Waals surface area (Å²) in [7, 11) is 1.48. The molecular weight excluding hydrogens is 553 g/mol. The second kappa shape index (κ2) is 9.53. The minimum Gasteiger partial charge on any atom is -0.493 e. The van der Waals surface area contributed by atoms with Gasteiger partial charge in [0, 0.05) is 15.6 Å². The van der Waals surface area contributed by atoms with Gasteiger partial charge in [0.1, 0.15) is 0 Å². The van der Waals surface area contributed by atoms with Crippen LogP contribution in [0.5, 0.6) is 11.5 Å². The fraction of sp³-hybridized carbons (Fsp3) is 0.190. The van der Waals surface area contributed by atoms with Crippen molar-refractivity contribution in [1.29, 1.82) is 0 Å². The first-order valence-electron chi connectivity index (χ1n) is 8.78. The molecule has 0 saturated carbocycles. The standard InChI is InChI=1S/C21H17BrINO5/c1-3-4-18(25)28-19-15(22)9-12(11-17(19)27-2)10-16-21(26)29-20(24-16)13-5-7-14(23)8-6-13/h5-11H,3-4H2,1-2H3/b16-10-. The van der Waals surface area contributed by atoms with E-state index in [0.717, 1.165) is 9.13 Å². The summed E-state index contributed by atoms with van der Waals surface area (Å²) >= 11 is 5.60. The van der Waals surface area contributed by atoms with Gasteiger partial charge in [0.2, 0.25) is 5.90 Å². The van der Waals surface area contributed by atoms with Gasteiger partial charge in [-0.2, -0.15) is 0 Å². The Labute approximate surface area is 190 Å². The topological polar surface area (TPSA) is 74.2 Å². The summed E-state index contributed by atoms with van der Waals surface area (Å²) in [5, 5.41) is 0. The predicted octanol–water partition coefficient (Wildman–Crippen LogP) is 5.11. The van der Waals surface area contributed by atoms with Crippen LogP contribution in [0.1, 0.15) is 30.9 Å². The molecule has 0 spiro atoms. The molecule has 0 aliphatic carbocycles. The number of cyclic esters (lactones) is 1. The molecule has 0 N–H and O–H groups in total. The average Bonchev–Trinajstić information content (AvgIpc) is 3.04. The summed E-state index contributed by atoms with van der Waals surface area (Å²) in [6, 6.07) is 10.9. The van der Waals surface area contributed by atoms with Crippen LogP contribution in [0.25, 0.3) is 6.08 Å². The normalized spacial score (nSPS) is 14.6. The van der Waals surface area contributed by atoms with Gasteiger partial charge in [-0.1, -0.05) is 6.92 Å². The van der Waals surface area contributed by atoms with Crippen molar-refractivity contribution < 1.29 is 23.8 Å². The molecule has 150 valence electrons. The number of ether oxygens (including phenoxy) is 3.